The Morgan fingerprint density at radius 1 is 1.38 bits per heavy atom. The third-order valence-electron chi connectivity index (χ3n) is 2.86. The molecule has 8 heteroatoms. The Bertz CT molecular complexity index is 584. The van der Waals surface area contributed by atoms with Crippen LogP contribution >= 0.6 is 23.2 Å². The number of aliphatic hydroxyl groups excluding tert-OH is 1. The van der Waals surface area contributed by atoms with Crippen molar-refractivity contribution in [1.29, 1.82) is 0 Å². The van der Waals surface area contributed by atoms with Crippen LogP contribution in [0.2, 0.25) is 10.0 Å². The smallest absolute Gasteiger partial charge is 0.221 e. The minimum atomic E-state index is -0.957. The summed E-state index contributed by atoms with van der Waals surface area (Å²) in [7, 11) is 0. The summed E-state index contributed by atoms with van der Waals surface area (Å²) in [4.78, 5) is 15.5. The summed E-state index contributed by atoms with van der Waals surface area (Å²) >= 11 is 12.0. The summed E-state index contributed by atoms with van der Waals surface area (Å²) in [6.07, 6.45) is 2.22. The number of aryl methyl sites for hydroxylation is 1. The molecule has 0 fully saturated rings. The van der Waals surface area contributed by atoms with Crippen molar-refractivity contribution in [3.05, 3.63) is 46.5 Å². The van der Waals surface area contributed by atoms with Crippen LogP contribution in [-0.4, -0.2) is 32.3 Å². The van der Waals surface area contributed by atoms with Crippen LogP contribution in [-0.2, 0) is 11.3 Å². The first kappa shape index (κ1) is 15.8. The molecule has 21 heavy (non-hydrogen) atoms. The molecule has 0 aliphatic carbocycles. The first-order valence-electron chi connectivity index (χ1n) is 6.29. The standard InChI is InChI=1S/C13H14Cl2N4O2/c14-9-2-1-3-10(15)13(9)11(20)6-17-12(21)4-5-19-8-16-7-18-19/h1-3,7-8,11,20H,4-6H2,(H,17,21). The molecule has 1 unspecified atom stereocenters. The number of amides is 1. The first-order chi connectivity index (χ1) is 10.1. The Labute approximate surface area is 131 Å². The molecule has 2 rings (SSSR count). The maximum absolute atomic E-state index is 11.7. The molecule has 1 amide bonds. The zero-order valence-electron chi connectivity index (χ0n) is 11.0. The van der Waals surface area contributed by atoms with E-state index in [1.165, 1.54) is 12.7 Å². The Balaban J connectivity index is 1.83. The van der Waals surface area contributed by atoms with Crippen molar-refractivity contribution in [1.82, 2.24) is 20.1 Å². The molecule has 0 aliphatic rings. The number of benzene rings is 1. The number of halogens is 2. The summed E-state index contributed by atoms with van der Waals surface area (Å²) < 4.78 is 1.56. The van der Waals surface area contributed by atoms with Crippen LogP contribution in [0.1, 0.15) is 18.1 Å². The van der Waals surface area contributed by atoms with Gasteiger partial charge in [-0.1, -0.05) is 29.3 Å². The maximum Gasteiger partial charge on any atom is 0.221 e. The lowest BCUT2D eigenvalue weighted by molar-refractivity contribution is -0.121. The second kappa shape index (κ2) is 7.40. The molecule has 1 atom stereocenters. The minimum absolute atomic E-state index is 0.0413. The fraction of sp³-hybridized carbons (Fsp3) is 0.308. The molecule has 2 N–H and O–H groups in total. The summed E-state index contributed by atoms with van der Waals surface area (Å²) in [5, 5.41) is 17.3. The summed E-state index contributed by atoms with van der Waals surface area (Å²) in [5.41, 5.74) is 0.414. The number of carbonyl (C=O) groups is 1. The van der Waals surface area contributed by atoms with Crippen molar-refractivity contribution in [2.75, 3.05) is 6.54 Å². The lowest BCUT2D eigenvalue weighted by atomic mass is 10.1. The van der Waals surface area contributed by atoms with E-state index >= 15 is 0 Å². The van der Waals surface area contributed by atoms with E-state index in [1.807, 2.05) is 0 Å². The Hall–Kier alpha value is -1.63. The van der Waals surface area contributed by atoms with Crippen LogP contribution in [0.4, 0.5) is 0 Å². The van der Waals surface area contributed by atoms with Gasteiger partial charge in [0, 0.05) is 28.6 Å². The molecule has 0 saturated carbocycles. The molecule has 0 saturated heterocycles. The number of nitrogens with one attached hydrogen (secondary N) is 1. The number of rotatable bonds is 6. The van der Waals surface area contributed by atoms with Crippen molar-refractivity contribution >= 4 is 29.1 Å². The second-order valence-corrected chi connectivity index (χ2v) is 5.18. The van der Waals surface area contributed by atoms with Gasteiger partial charge in [-0.25, -0.2) is 4.98 Å². The highest BCUT2D eigenvalue weighted by Crippen LogP contribution is 2.29. The molecule has 112 valence electrons. The van der Waals surface area contributed by atoms with Crippen molar-refractivity contribution in [2.45, 2.75) is 19.1 Å². The van der Waals surface area contributed by atoms with Gasteiger partial charge >= 0.3 is 0 Å². The Morgan fingerprint density at radius 2 is 2.10 bits per heavy atom. The van der Waals surface area contributed by atoms with E-state index in [0.717, 1.165) is 0 Å². The van der Waals surface area contributed by atoms with Gasteiger partial charge in [0.05, 0.1) is 12.6 Å². The Kier molecular flexibility index (Phi) is 5.55. The summed E-state index contributed by atoms with van der Waals surface area (Å²) in [5.74, 6) is -0.201. The number of hydrogen-bond donors (Lipinski definition) is 2. The van der Waals surface area contributed by atoms with Crippen LogP contribution in [0.3, 0.4) is 0 Å². The predicted molar refractivity (Wildman–Crippen MR) is 79.1 cm³/mol. The van der Waals surface area contributed by atoms with Gasteiger partial charge in [0.1, 0.15) is 12.7 Å². The van der Waals surface area contributed by atoms with Gasteiger partial charge in [0.15, 0.2) is 0 Å². The van der Waals surface area contributed by atoms with Gasteiger partial charge < -0.3 is 10.4 Å². The topological polar surface area (TPSA) is 80.0 Å². The van der Waals surface area contributed by atoms with Crippen molar-refractivity contribution < 1.29 is 9.90 Å². The van der Waals surface area contributed by atoms with Crippen LogP contribution in [0.15, 0.2) is 30.9 Å². The molecule has 0 bridgehead atoms. The van der Waals surface area contributed by atoms with Crippen LogP contribution in [0, 0.1) is 0 Å². The summed E-state index contributed by atoms with van der Waals surface area (Å²) in [6.45, 7) is 0.467. The lowest BCUT2D eigenvalue weighted by Gasteiger charge is -2.15. The van der Waals surface area contributed by atoms with E-state index in [0.29, 0.717) is 22.2 Å². The summed E-state index contributed by atoms with van der Waals surface area (Å²) in [6, 6.07) is 4.97. The highest BCUT2D eigenvalue weighted by atomic mass is 35.5. The van der Waals surface area contributed by atoms with Gasteiger partial charge in [0.2, 0.25) is 5.91 Å². The molecule has 0 spiro atoms. The monoisotopic (exact) mass is 328 g/mol. The van der Waals surface area contributed by atoms with E-state index in [2.05, 4.69) is 15.4 Å². The zero-order valence-corrected chi connectivity index (χ0v) is 12.6. The number of nitrogens with zero attached hydrogens (tertiary/aromatic N) is 3. The number of aliphatic hydroxyl groups is 1. The molecule has 2 aromatic rings. The Morgan fingerprint density at radius 3 is 2.71 bits per heavy atom. The highest BCUT2D eigenvalue weighted by Gasteiger charge is 2.16. The zero-order chi connectivity index (χ0) is 15.2. The molecule has 1 aromatic heterocycles. The fourth-order valence-electron chi connectivity index (χ4n) is 1.79. The minimum Gasteiger partial charge on any atom is -0.386 e. The molecular formula is C13H14Cl2N4O2. The van der Waals surface area contributed by atoms with Gasteiger partial charge in [-0.2, -0.15) is 5.10 Å². The van der Waals surface area contributed by atoms with Crippen LogP contribution in [0.25, 0.3) is 0 Å². The van der Waals surface area contributed by atoms with Crippen LogP contribution < -0.4 is 5.32 Å². The second-order valence-electron chi connectivity index (χ2n) is 4.36. The van der Waals surface area contributed by atoms with Gasteiger partial charge in [-0.15, -0.1) is 0 Å². The third-order valence-corrected chi connectivity index (χ3v) is 3.52. The SMILES string of the molecule is O=C(CCn1cncn1)NCC(O)c1c(Cl)cccc1Cl. The van der Waals surface area contributed by atoms with E-state index in [1.54, 1.807) is 22.9 Å². The van der Waals surface area contributed by atoms with E-state index in [4.69, 9.17) is 23.2 Å². The van der Waals surface area contributed by atoms with Crippen LogP contribution in [0.5, 0.6) is 0 Å². The molecule has 0 aliphatic heterocycles. The average Bonchev–Trinajstić information content (AvgIpc) is 2.96. The molecular weight excluding hydrogens is 315 g/mol. The van der Waals surface area contributed by atoms with Crippen molar-refractivity contribution in [3.8, 4) is 0 Å². The third kappa shape index (κ3) is 4.42. The largest absolute Gasteiger partial charge is 0.386 e. The van der Waals surface area contributed by atoms with E-state index in [9.17, 15) is 9.90 Å². The number of carbonyl (C=O) groups excluding carboxylic acids is 1. The van der Waals surface area contributed by atoms with Gasteiger partial charge in [-0.05, 0) is 12.1 Å². The van der Waals surface area contributed by atoms with Gasteiger partial charge in [0.25, 0.3) is 0 Å². The van der Waals surface area contributed by atoms with E-state index < -0.39 is 6.10 Å². The van der Waals surface area contributed by atoms with Crippen molar-refractivity contribution in [3.63, 3.8) is 0 Å². The average molecular weight is 329 g/mol. The number of hydrogen-bond acceptors (Lipinski definition) is 4. The molecule has 1 heterocycles. The molecule has 1 aromatic carbocycles. The molecule has 6 nitrogen and oxygen atoms in total. The maximum atomic E-state index is 11.7. The van der Waals surface area contributed by atoms with E-state index in [-0.39, 0.29) is 18.9 Å². The molecule has 0 radical (unpaired) electrons. The normalized spacial score (nSPS) is 12.1. The fourth-order valence-corrected chi connectivity index (χ4v) is 2.44. The lowest BCUT2D eigenvalue weighted by Crippen LogP contribution is -2.29. The predicted octanol–water partition coefficient (Wildman–Crippen LogP) is 1.82. The van der Waals surface area contributed by atoms with Gasteiger partial charge in [-0.3, -0.25) is 9.48 Å². The highest BCUT2D eigenvalue weighted by molar-refractivity contribution is 6.36. The number of aromatic nitrogens is 3. The van der Waals surface area contributed by atoms with Crippen molar-refractivity contribution in [2.24, 2.45) is 0 Å². The quantitative estimate of drug-likeness (QED) is 0.847. The first-order valence-corrected chi connectivity index (χ1v) is 7.04.